The predicted molar refractivity (Wildman–Crippen MR) is 64.6 cm³/mol. The summed E-state index contributed by atoms with van der Waals surface area (Å²) in [6.45, 7) is 2.76. The average Bonchev–Trinajstić information content (AvgIpc) is 2.29. The molecule has 0 bridgehead atoms. The summed E-state index contributed by atoms with van der Waals surface area (Å²) in [5.41, 5.74) is 6.72. The predicted octanol–water partition coefficient (Wildman–Crippen LogP) is 1.81. The van der Waals surface area contributed by atoms with Gasteiger partial charge in [-0.3, -0.25) is 4.79 Å². The van der Waals surface area contributed by atoms with Crippen LogP contribution in [0.25, 0.3) is 0 Å². The van der Waals surface area contributed by atoms with E-state index < -0.39 is 0 Å². The molecule has 1 aromatic carbocycles. The Hall–Kier alpha value is -1.71. The van der Waals surface area contributed by atoms with Gasteiger partial charge in [0.2, 0.25) is 0 Å². The van der Waals surface area contributed by atoms with Crippen LogP contribution in [0.1, 0.15) is 30.1 Å². The highest BCUT2D eigenvalue weighted by atomic mass is 16.5. The summed E-state index contributed by atoms with van der Waals surface area (Å²) in [7, 11) is 1.53. The lowest BCUT2D eigenvalue weighted by molar-refractivity contribution is 0.0950. The summed E-state index contributed by atoms with van der Waals surface area (Å²) in [6, 6.07) is 5.02. The number of carbonyl (C=O) groups excluding carboxylic acids is 1. The Kier molecular flexibility index (Phi) is 4.64. The molecule has 1 amide bonds. The molecular formula is C12H18N2O2. The molecule has 0 atom stereocenters. The van der Waals surface area contributed by atoms with E-state index in [4.69, 9.17) is 10.5 Å². The molecule has 88 valence electrons. The van der Waals surface area contributed by atoms with Gasteiger partial charge in [0.1, 0.15) is 5.75 Å². The maximum Gasteiger partial charge on any atom is 0.255 e. The van der Waals surface area contributed by atoms with Gasteiger partial charge in [-0.25, -0.2) is 0 Å². The number of hydrogen-bond donors (Lipinski definition) is 2. The highest BCUT2D eigenvalue weighted by Gasteiger charge is 2.11. The summed E-state index contributed by atoms with van der Waals surface area (Å²) in [6.07, 6.45) is 2.03. The molecule has 0 saturated heterocycles. The minimum Gasteiger partial charge on any atom is -0.496 e. The standard InChI is InChI=1S/C12H18N2O2/c1-3-4-7-14-12(15)10-6-5-9(13)8-11(10)16-2/h5-6,8H,3-4,7,13H2,1-2H3,(H,14,15). The van der Waals surface area contributed by atoms with E-state index in [1.165, 1.54) is 7.11 Å². The molecule has 0 spiro atoms. The third kappa shape index (κ3) is 3.15. The summed E-state index contributed by atoms with van der Waals surface area (Å²) < 4.78 is 5.11. The van der Waals surface area contributed by atoms with Gasteiger partial charge in [-0.2, -0.15) is 0 Å². The summed E-state index contributed by atoms with van der Waals surface area (Å²) >= 11 is 0. The first-order valence-electron chi connectivity index (χ1n) is 5.40. The molecule has 3 N–H and O–H groups in total. The summed E-state index contributed by atoms with van der Waals surface area (Å²) in [4.78, 5) is 11.8. The first-order chi connectivity index (χ1) is 7.69. The Morgan fingerprint density at radius 1 is 1.50 bits per heavy atom. The van der Waals surface area contributed by atoms with Gasteiger partial charge in [0.25, 0.3) is 5.91 Å². The number of methoxy groups -OCH3 is 1. The molecule has 0 saturated carbocycles. The summed E-state index contributed by atoms with van der Waals surface area (Å²) in [5.74, 6) is 0.388. The Bertz CT molecular complexity index is 364. The van der Waals surface area contributed by atoms with Gasteiger partial charge >= 0.3 is 0 Å². The zero-order chi connectivity index (χ0) is 12.0. The normalized spacial score (nSPS) is 9.88. The highest BCUT2D eigenvalue weighted by molar-refractivity contribution is 5.97. The van der Waals surface area contributed by atoms with Crippen molar-refractivity contribution in [1.29, 1.82) is 0 Å². The second-order valence-electron chi connectivity index (χ2n) is 3.57. The molecular weight excluding hydrogens is 204 g/mol. The van der Waals surface area contributed by atoms with E-state index >= 15 is 0 Å². The molecule has 0 fully saturated rings. The lowest BCUT2D eigenvalue weighted by Gasteiger charge is -2.09. The van der Waals surface area contributed by atoms with Gasteiger partial charge in [0, 0.05) is 18.3 Å². The van der Waals surface area contributed by atoms with Crippen LogP contribution in [0.5, 0.6) is 5.75 Å². The fourth-order valence-electron chi connectivity index (χ4n) is 1.37. The largest absolute Gasteiger partial charge is 0.496 e. The number of nitrogens with one attached hydrogen (secondary N) is 1. The van der Waals surface area contributed by atoms with E-state index in [0.29, 0.717) is 23.5 Å². The molecule has 0 radical (unpaired) electrons. The molecule has 0 heterocycles. The van der Waals surface area contributed by atoms with Crippen molar-refractivity contribution in [2.24, 2.45) is 0 Å². The minimum atomic E-state index is -0.120. The zero-order valence-corrected chi connectivity index (χ0v) is 9.75. The first kappa shape index (κ1) is 12.4. The van der Waals surface area contributed by atoms with Crippen molar-refractivity contribution in [2.75, 3.05) is 19.4 Å². The number of anilines is 1. The maximum atomic E-state index is 11.8. The van der Waals surface area contributed by atoms with Crippen LogP contribution in [0.4, 0.5) is 5.69 Å². The molecule has 0 unspecified atom stereocenters. The van der Waals surface area contributed by atoms with Gasteiger partial charge in [0.05, 0.1) is 12.7 Å². The van der Waals surface area contributed by atoms with Gasteiger partial charge in [0.15, 0.2) is 0 Å². The molecule has 0 aliphatic rings. The molecule has 4 heteroatoms. The number of unbranched alkanes of at least 4 members (excludes halogenated alkanes) is 1. The minimum absolute atomic E-state index is 0.120. The number of benzene rings is 1. The van der Waals surface area contributed by atoms with E-state index in [-0.39, 0.29) is 5.91 Å². The van der Waals surface area contributed by atoms with Crippen LogP contribution in [-0.4, -0.2) is 19.6 Å². The van der Waals surface area contributed by atoms with Gasteiger partial charge in [-0.15, -0.1) is 0 Å². The topological polar surface area (TPSA) is 64.4 Å². The third-order valence-electron chi connectivity index (χ3n) is 2.29. The van der Waals surface area contributed by atoms with Crippen LogP contribution in [0.2, 0.25) is 0 Å². The smallest absolute Gasteiger partial charge is 0.255 e. The highest BCUT2D eigenvalue weighted by Crippen LogP contribution is 2.21. The van der Waals surface area contributed by atoms with Gasteiger partial charge < -0.3 is 15.8 Å². The number of nitrogen functional groups attached to an aromatic ring is 1. The SMILES string of the molecule is CCCCNC(=O)c1ccc(N)cc1OC. The van der Waals surface area contributed by atoms with Crippen molar-refractivity contribution in [3.05, 3.63) is 23.8 Å². The van der Waals surface area contributed by atoms with Crippen LogP contribution >= 0.6 is 0 Å². The fraction of sp³-hybridized carbons (Fsp3) is 0.417. The molecule has 16 heavy (non-hydrogen) atoms. The molecule has 4 nitrogen and oxygen atoms in total. The van der Waals surface area contributed by atoms with E-state index in [0.717, 1.165) is 12.8 Å². The lowest BCUT2D eigenvalue weighted by atomic mass is 10.1. The van der Waals surface area contributed by atoms with Crippen molar-refractivity contribution >= 4 is 11.6 Å². The Balaban J connectivity index is 2.74. The Morgan fingerprint density at radius 2 is 2.25 bits per heavy atom. The number of ether oxygens (including phenoxy) is 1. The van der Waals surface area contributed by atoms with Crippen LogP contribution in [0.15, 0.2) is 18.2 Å². The quantitative estimate of drug-likeness (QED) is 0.590. The van der Waals surface area contributed by atoms with Gasteiger partial charge in [-0.05, 0) is 18.6 Å². The zero-order valence-electron chi connectivity index (χ0n) is 9.75. The molecule has 0 aliphatic heterocycles. The number of carbonyl (C=O) groups is 1. The van der Waals surface area contributed by atoms with Crippen molar-refractivity contribution in [1.82, 2.24) is 5.32 Å². The number of amides is 1. The van der Waals surface area contributed by atoms with Crippen molar-refractivity contribution in [2.45, 2.75) is 19.8 Å². The van der Waals surface area contributed by atoms with Gasteiger partial charge in [-0.1, -0.05) is 13.3 Å². The van der Waals surface area contributed by atoms with Crippen LogP contribution in [-0.2, 0) is 0 Å². The lowest BCUT2D eigenvalue weighted by Crippen LogP contribution is -2.24. The van der Waals surface area contributed by atoms with Crippen LogP contribution in [0, 0.1) is 0 Å². The van der Waals surface area contributed by atoms with Crippen molar-refractivity contribution in [3.63, 3.8) is 0 Å². The molecule has 1 rings (SSSR count). The summed E-state index contributed by atoms with van der Waals surface area (Å²) in [5, 5.41) is 2.83. The van der Waals surface area contributed by atoms with Crippen LogP contribution < -0.4 is 15.8 Å². The number of rotatable bonds is 5. The Labute approximate surface area is 95.8 Å². The van der Waals surface area contributed by atoms with Crippen molar-refractivity contribution in [3.8, 4) is 5.75 Å². The van der Waals surface area contributed by atoms with Crippen molar-refractivity contribution < 1.29 is 9.53 Å². The second-order valence-corrected chi connectivity index (χ2v) is 3.57. The van der Waals surface area contributed by atoms with E-state index in [2.05, 4.69) is 12.2 Å². The number of hydrogen-bond acceptors (Lipinski definition) is 3. The average molecular weight is 222 g/mol. The third-order valence-corrected chi connectivity index (χ3v) is 2.29. The molecule has 0 aromatic heterocycles. The first-order valence-corrected chi connectivity index (χ1v) is 5.40. The molecule has 1 aromatic rings. The fourth-order valence-corrected chi connectivity index (χ4v) is 1.37. The second kappa shape index (κ2) is 6.00. The molecule has 0 aliphatic carbocycles. The number of nitrogens with two attached hydrogens (primary N) is 1. The Morgan fingerprint density at radius 3 is 2.88 bits per heavy atom. The van der Waals surface area contributed by atoms with E-state index in [9.17, 15) is 4.79 Å². The van der Waals surface area contributed by atoms with Crippen LogP contribution in [0.3, 0.4) is 0 Å². The maximum absolute atomic E-state index is 11.8. The van der Waals surface area contributed by atoms with E-state index in [1.54, 1.807) is 18.2 Å². The van der Waals surface area contributed by atoms with E-state index in [1.807, 2.05) is 0 Å². The monoisotopic (exact) mass is 222 g/mol.